The van der Waals surface area contributed by atoms with E-state index in [1.165, 1.54) is 0 Å². The topological polar surface area (TPSA) is 40.6 Å². The van der Waals surface area contributed by atoms with Crippen LogP contribution in [-0.2, 0) is 9.59 Å². The van der Waals surface area contributed by atoms with E-state index in [0.717, 1.165) is 26.1 Å². The number of amides is 1. The Balaban J connectivity index is 2.69. The summed E-state index contributed by atoms with van der Waals surface area (Å²) in [5.74, 6) is 0.274. The Bertz CT molecular complexity index is 253. The van der Waals surface area contributed by atoms with Gasteiger partial charge in [0.25, 0.3) is 0 Å². The van der Waals surface area contributed by atoms with Gasteiger partial charge in [-0.1, -0.05) is 0 Å². The van der Waals surface area contributed by atoms with Gasteiger partial charge in [-0.05, 0) is 27.2 Å². The van der Waals surface area contributed by atoms with Crippen molar-refractivity contribution in [3.8, 4) is 0 Å². The first-order chi connectivity index (χ1) is 7.06. The molecular formula is C11H20N2O2. The maximum absolute atomic E-state index is 11.9. The SMILES string of the molecule is CCN1CCCN(CC(C)=O)C(C)C1=O. The minimum absolute atomic E-state index is 0.125. The highest BCUT2D eigenvalue weighted by Gasteiger charge is 2.28. The molecule has 86 valence electrons. The molecule has 0 aromatic rings. The summed E-state index contributed by atoms with van der Waals surface area (Å²) in [5, 5.41) is 0. The van der Waals surface area contributed by atoms with Gasteiger partial charge in [-0.3, -0.25) is 14.5 Å². The number of ketones is 1. The number of Topliss-reactive ketones (excluding diaryl/α,β-unsaturated/α-hetero) is 1. The zero-order chi connectivity index (χ0) is 11.4. The molecule has 1 aliphatic rings. The molecule has 0 aliphatic carbocycles. The zero-order valence-electron chi connectivity index (χ0n) is 9.82. The molecule has 4 nitrogen and oxygen atoms in total. The Morgan fingerprint density at radius 3 is 2.67 bits per heavy atom. The molecule has 1 atom stereocenters. The molecule has 1 rings (SSSR count). The van der Waals surface area contributed by atoms with Crippen molar-refractivity contribution in [3.05, 3.63) is 0 Å². The molecule has 1 saturated heterocycles. The highest BCUT2D eigenvalue weighted by atomic mass is 16.2. The predicted molar refractivity (Wildman–Crippen MR) is 58.6 cm³/mol. The number of likely N-dealkylation sites (N-methyl/N-ethyl adjacent to an activating group) is 1. The van der Waals surface area contributed by atoms with Crippen molar-refractivity contribution in [2.45, 2.75) is 33.2 Å². The van der Waals surface area contributed by atoms with E-state index in [-0.39, 0.29) is 17.7 Å². The first-order valence-corrected chi connectivity index (χ1v) is 5.58. The number of rotatable bonds is 3. The number of hydrogen-bond donors (Lipinski definition) is 0. The Labute approximate surface area is 91.2 Å². The van der Waals surface area contributed by atoms with E-state index in [2.05, 4.69) is 0 Å². The van der Waals surface area contributed by atoms with Crippen LogP contribution in [0.3, 0.4) is 0 Å². The fraction of sp³-hybridized carbons (Fsp3) is 0.818. The summed E-state index contributed by atoms with van der Waals surface area (Å²) in [6.45, 7) is 8.25. The maximum Gasteiger partial charge on any atom is 0.239 e. The lowest BCUT2D eigenvalue weighted by Crippen LogP contribution is -2.45. The van der Waals surface area contributed by atoms with Crippen LogP contribution in [0.2, 0.25) is 0 Å². The van der Waals surface area contributed by atoms with Gasteiger partial charge in [0, 0.05) is 19.6 Å². The largest absolute Gasteiger partial charge is 0.342 e. The molecular weight excluding hydrogens is 192 g/mol. The van der Waals surface area contributed by atoms with Crippen LogP contribution >= 0.6 is 0 Å². The lowest BCUT2D eigenvalue weighted by atomic mass is 10.2. The number of carbonyl (C=O) groups is 2. The third kappa shape index (κ3) is 3.02. The Morgan fingerprint density at radius 1 is 1.47 bits per heavy atom. The van der Waals surface area contributed by atoms with E-state index in [4.69, 9.17) is 0 Å². The normalized spacial score (nSPS) is 24.1. The van der Waals surface area contributed by atoms with Gasteiger partial charge >= 0.3 is 0 Å². The number of carbonyl (C=O) groups excluding carboxylic acids is 2. The van der Waals surface area contributed by atoms with Crippen molar-refractivity contribution in [1.82, 2.24) is 9.80 Å². The summed E-state index contributed by atoms with van der Waals surface area (Å²) in [4.78, 5) is 26.8. The molecule has 0 aromatic heterocycles. The van der Waals surface area contributed by atoms with Crippen LogP contribution < -0.4 is 0 Å². The second-order valence-corrected chi connectivity index (χ2v) is 4.12. The van der Waals surface area contributed by atoms with Crippen LogP contribution in [-0.4, -0.2) is 53.7 Å². The van der Waals surface area contributed by atoms with Gasteiger partial charge in [0.1, 0.15) is 5.78 Å². The first kappa shape index (κ1) is 12.2. The van der Waals surface area contributed by atoms with Crippen molar-refractivity contribution in [2.75, 3.05) is 26.2 Å². The molecule has 0 bridgehead atoms. The summed E-state index contributed by atoms with van der Waals surface area (Å²) < 4.78 is 0. The molecule has 1 fully saturated rings. The third-order valence-corrected chi connectivity index (χ3v) is 2.90. The Kier molecular flexibility index (Phi) is 4.27. The average Bonchev–Trinajstić information content (AvgIpc) is 2.30. The highest BCUT2D eigenvalue weighted by Crippen LogP contribution is 2.10. The number of nitrogens with zero attached hydrogens (tertiary/aromatic N) is 2. The quantitative estimate of drug-likeness (QED) is 0.684. The summed E-state index contributed by atoms with van der Waals surface area (Å²) in [6.07, 6.45) is 0.956. The van der Waals surface area contributed by atoms with Gasteiger partial charge in [-0.25, -0.2) is 0 Å². The Hall–Kier alpha value is -0.900. The molecule has 15 heavy (non-hydrogen) atoms. The van der Waals surface area contributed by atoms with Crippen LogP contribution in [0.15, 0.2) is 0 Å². The van der Waals surface area contributed by atoms with E-state index >= 15 is 0 Å². The summed E-state index contributed by atoms with van der Waals surface area (Å²) in [7, 11) is 0. The molecule has 0 N–H and O–H groups in total. The molecule has 0 aromatic carbocycles. The summed E-state index contributed by atoms with van der Waals surface area (Å²) in [5.41, 5.74) is 0. The molecule has 1 amide bonds. The number of hydrogen-bond acceptors (Lipinski definition) is 3. The van der Waals surface area contributed by atoms with Gasteiger partial charge in [0.15, 0.2) is 0 Å². The van der Waals surface area contributed by atoms with Gasteiger partial charge < -0.3 is 4.90 Å². The van der Waals surface area contributed by atoms with Crippen LogP contribution in [0.1, 0.15) is 27.2 Å². The second kappa shape index (κ2) is 5.26. The van der Waals surface area contributed by atoms with Crippen molar-refractivity contribution in [3.63, 3.8) is 0 Å². The molecule has 1 aliphatic heterocycles. The maximum atomic E-state index is 11.9. The van der Waals surface area contributed by atoms with E-state index in [0.29, 0.717) is 6.54 Å². The van der Waals surface area contributed by atoms with E-state index in [1.54, 1.807) is 6.92 Å². The van der Waals surface area contributed by atoms with Crippen LogP contribution in [0.25, 0.3) is 0 Å². The van der Waals surface area contributed by atoms with E-state index in [1.807, 2.05) is 23.6 Å². The molecule has 0 radical (unpaired) electrons. The average molecular weight is 212 g/mol. The summed E-state index contributed by atoms with van der Waals surface area (Å²) >= 11 is 0. The first-order valence-electron chi connectivity index (χ1n) is 5.58. The van der Waals surface area contributed by atoms with Crippen molar-refractivity contribution < 1.29 is 9.59 Å². The van der Waals surface area contributed by atoms with Crippen LogP contribution in [0, 0.1) is 0 Å². The third-order valence-electron chi connectivity index (χ3n) is 2.90. The zero-order valence-corrected chi connectivity index (χ0v) is 9.82. The minimum atomic E-state index is -0.156. The van der Waals surface area contributed by atoms with E-state index < -0.39 is 0 Å². The Morgan fingerprint density at radius 2 is 2.13 bits per heavy atom. The lowest BCUT2D eigenvalue weighted by Gasteiger charge is -2.26. The fourth-order valence-corrected chi connectivity index (χ4v) is 2.00. The molecule has 4 heteroatoms. The van der Waals surface area contributed by atoms with Crippen LogP contribution in [0.4, 0.5) is 0 Å². The van der Waals surface area contributed by atoms with Crippen molar-refractivity contribution in [1.29, 1.82) is 0 Å². The van der Waals surface area contributed by atoms with E-state index in [9.17, 15) is 9.59 Å². The van der Waals surface area contributed by atoms with Crippen LogP contribution in [0.5, 0.6) is 0 Å². The smallest absolute Gasteiger partial charge is 0.239 e. The van der Waals surface area contributed by atoms with Gasteiger partial charge in [0.05, 0.1) is 12.6 Å². The second-order valence-electron chi connectivity index (χ2n) is 4.12. The molecule has 0 spiro atoms. The van der Waals surface area contributed by atoms with Crippen molar-refractivity contribution >= 4 is 11.7 Å². The lowest BCUT2D eigenvalue weighted by molar-refractivity contribution is -0.135. The highest BCUT2D eigenvalue weighted by molar-refractivity contribution is 5.83. The molecule has 1 unspecified atom stereocenters. The summed E-state index contributed by atoms with van der Waals surface area (Å²) in [6, 6.07) is -0.156. The van der Waals surface area contributed by atoms with Gasteiger partial charge in [0.2, 0.25) is 5.91 Å². The predicted octanol–water partition coefficient (Wildman–Crippen LogP) is 0.518. The molecule has 0 saturated carbocycles. The van der Waals surface area contributed by atoms with Crippen molar-refractivity contribution in [2.24, 2.45) is 0 Å². The monoisotopic (exact) mass is 212 g/mol. The minimum Gasteiger partial charge on any atom is -0.342 e. The fourth-order valence-electron chi connectivity index (χ4n) is 2.00. The standard InChI is InChI=1S/C11H20N2O2/c1-4-12-6-5-7-13(8-9(2)14)10(3)11(12)15/h10H,4-8H2,1-3H3. The van der Waals surface area contributed by atoms with Gasteiger partial charge in [-0.2, -0.15) is 0 Å². The molecule has 1 heterocycles. The van der Waals surface area contributed by atoms with Gasteiger partial charge in [-0.15, -0.1) is 0 Å².